The maximum Gasteiger partial charge on any atom is 0.257 e. The van der Waals surface area contributed by atoms with E-state index in [-0.39, 0.29) is 5.91 Å². The first-order valence-corrected chi connectivity index (χ1v) is 8.40. The van der Waals surface area contributed by atoms with Crippen LogP contribution in [0.15, 0.2) is 24.3 Å². The van der Waals surface area contributed by atoms with Crippen LogP contribution in [0, 0.1) is 17.2 Å². The van der Waals surface area contributed by atoms with Crippen molar-refractivity contribution in [2.75, 3.05) is 5.32 Å². The molecule has 3 rings (SSSR count). The van der Waals surface area contributed by atoms with Gasteiger partial charge in [-0.05, 0) is 42.9 Å². The summed E-state index contributed by atoms with van der Waals surface area (Å²) in [4.78, 5) is 13.6. The summed E-state index contributed by atoms with van der Waals surface area (Å²) in [5.74, 6) is 0.315. The van der Waals surface area contributed by atoms with Crippen LogP contribution in [-0.2, 0) is 12.8 Å². The number of amides is 1. The van der Waals surface area contributed by atoms with E-state index < -0.39 is 0 Å². The number of halogens is 1. The number of rotatable bonds is 2. The maximum atomic E-state index is 12.4. The summed E-state index contributed by atoms with van der Waals surface area (Å²) in [6, 6.07) is 9.18. The Bertz CT molecular complexity index is 775. The Balaban J connectivity index is 1.92. The first-order chi connectivity index (χ1) is 10.6. The zero-order valence-corrected chi connectivity index (χ0v) is 13.7. The maximum absolute atomic E-state index is 12.4. The fourth-order valence-corrected chi connectivity index (χ4v) is 4.19. The normalized spacial score (nSPS) is 16.7. The molecule has 0 unspecified atom stereocenters. The van der Waals surface area contributed by atoms with Crippen molar-refractivity contribution in [3.05, 3.63) is 50.9 Å². The number of carbonyl (C=O) groups excluding carboxylic acids is 1. The molecule has 0 spiro atoms. The molecule has 1 aliphatic rings. The largest absolute Gasteiger partial charge is 0.312 e. The van der Waals surface area contributed by atoms with E-state index >= 15 is 0 Å². The van der Waals surface area contributed by atoms with Crippen molar-refractivity contribution in [1.82, 2.24) is 0 Å². The number of hydrogen-bond acceptors (Lipinski definition) is 3. The van der Waals surface area contributed by atoms with Crippen molar-refractivity contribution in [2.45, 2.75) is 26.2 Å². The Kier molecular flexibility index (Phi) is 4.19. The van der Waals surface area contributed by atoms with E-state index in [1.54, 1.807) is 24.3 Å². The standard InChI is InChI=1S/C17H15ClN2OS/c1-10-6-7-15-12(8-10)13(9-19)17(22-15)20-16(21)11-4-2-3-5-14(11)18/h2-5,10H,6-8H2,1H3,(H,20,21)/t10-/m1/s1. The van der Waals surface area contributed by atoms with Crippen molar-refractivity contribution in [2.24, 2.45) is 5.92 Å². The van der Waals surface area contributed by atoms with Gasteiger partial charge in [-0.2, -0.15) is 5.26 Å². The smallest absolute Gasteiger partial charge is 0.257 e. The minimum Gasteiger partial charge on any atom is -0.312 e. The van der Waals surface area contributed by atoms with Crippen molar-refractivity contribution >= 4 is 33.8 Å². The van der Waals surface area contributed by atoms with E-state index in [4.69, 9.17) is 11.6 Å². The number of nitrogens with zero attached hydrogens (tertiary/aromatic N) is 1. The number of hydrogen-bond donors (Lipinski definition) is 1. The second-order valence-electron chi connectivity index (χ2n) is 5.60. The van der Waals surface area contributed by atoms with Crippen molar-refractivity contribution in [3.8, 4) is 6.07 Å². The summed E-state index contributed by atoms with van der Waals surface area (Å²) in [5, 5.41) is 13.4. The molecule has 2 aromatic rings. The van der Waals surface area contributed by atoms with Crippen LogP contribution >= 0.6 is 22.9 Å². The molecule has 1 atom stereocenters. The van der Waals surface area contributed by atoms with Gasteiger partial charge in [0.25, 0.3) is 5.91 Å². The van der Waals surface area contributed by atoms with Crippen LogP contribution in [0.25, 0.3) is 0 Å². The lowest BCUT2D eigenvalue weighted by Gasteiger charge is -2.17. The van der Waals surface area contributed by atoms with Crippen LogP contribution in [0.1, 0.15) is 39.7 Å². The average molecular weight is 331 g/mol. The van der Waals surface area contributed by atoms with Gasteiger partial charge >= 0.3 is 0 Å². The Morgan fingerprint density at radius 3 is 2.95 bits per heavy atom. The quantitative estimate of drug-likeness (QED) is 0.871. The number of nitriles is 1. The van der Waals surface area contributed by atoms with Crippen molar-refractivity contribution in [3.63, 3.8) is 0 Å². The number of thiophene rings is 1. The van der Waals surface area contributed by atoms with Gasteiger partial charge in [0.15, 0.2) is 0 Å². The fraction of sp³-hybridized carbons (Fsp3) is 0.294. The second-order valence-corrected chi connectivity index (χ2v) is 7.11. The zero-order chi connectivity index (χ0) is 15.7. The van der Waals surface area contributed by atoms with Crippen molar-refractivity contribution < 1.29 is 4.79 Å². The number of carbonyl (C=O) groups is 1. The molecule has 22 heavy (non-hydrogen) atoms. The van der Waals surface area contributed by atoms with Crippen LogP contribution in [0.5, 0.6) is 0 Å². The molecule has 1 amide bonds. The lowest BCUT2D eigenvalue weighted by molar-refractivity contribution is 0.102. The van der Waals surface area contributed by atoms with Gasteiger partial charge < -0.3 is 5.32 Å². The van der Waals surface area contributed by atoms with Gasteiger partial charge in [-0.25, -0.2) is 0 Å². The molecular weight excluding hydrogens is 316 g/mol. The molecule has 1 aromatic heterocycles. The van der Waals surface area contributed by atoms with Crippen LogP contribution in [0.2, 0.25) is 5.02 Å². The van der Waals surface area contributed by atoms with Gasteiger partial charge in [0.2, 0.25) is 0 Å². The van der Waals surface area contributed by atoms with E-state index in [2.05, 4.69) is 18.3 Å². The predicted octanol–water partition coefficient (Wildman–Crippen LogP) is 4.65. The minimum atomic E-state index is -0.270. The highest BCUT2D eigenvalue weighted by Crippen LogP contribution is 2.39. The van der Waals surface area contributed by atoms with E-state index in [0.29, 0.717) is 27.1 Å². The second kappa shape index (κ2) is 6.12. The molecule has 0 bridgehead atoms. The van der Waals surface area contributed by atoms with Gasteiger partial charge in [0, 0.05) is 4.88 Å². The average Bonchev–Trinajstić information content (AvgIpc) is 2.83. The Hall–Kier alpha value is -1.83. The molecule has 1 N–H and O–H groups in total. The summed E-state index contributed by atoms with van der Waals surface area (Å²) in [6.45, 7) is 2.20. The highest BCUT2D eigenvalue weighted by molar-refractivity contribution is 7.16. The summed E-state index contributed by atoms with van der Waals surface area (Å²) in [5.41, 5.74) is 2.15. The number of nitrogens with one attached hydrogen (secondary N) is 1. The van der Waals surface area contributed by atoms with Gasteiger partial charge in [0.1, 0.15) is 11.1 Å². The van der Waals surface area contributed by atoms with E-state index in [0.717, 1.165) is 24.8 Å². The molecule has 0 radical (unpaired) electrons. The molecule has 0 saturated carbocycles. The van der Waals surface area contributed by atoms with Crippen LogP contribution < -0.4 is 5.32 Å². The van der Waals surface area contributed by atoms with Crippen molar-refractivity contribution in [1.29, 1.82) is 5.26 Å². The summed E-state index contributed by atoms with van der Waals surface area (Å²) in [6.07, 6.45) is 3.03. The zero-order valence-electron chi connectivity index (χ0n) is 12.1. The minimum absolute atomic E-state index is 0.270. The third kappa shape index (κ3) is 2.75. The van der Waals surface area contributed by atoms with Crippen LogP contribution in [-0.4, -0.2) is 5.91 Å². The first-order valence-electron chi connectivity index (χ1n) is 7.20. The number of fused-ring (bicyclic) bond motifs is 1. The summed E-state index contributed by atoms with van der Waals surface area (Å²) >= 11 is 7.58. The molecule has 1 heterocycles. The fourth-order valence-electron chi connectivity index (χ4n) is 2.78. The van der Waals surface area contributed by atoms with E-state index in [1.165, 1.54) is 16.2 Å². The van der Waals surface area contributed by atoms with E-state index in [1.807, 2.05) is 0 Å². The van der Waals surface area contributed by atoms with Gasteiger partial charge in [-0.15, -0.1) is 11.3 Å². The molecule has 0 fully saturated rings. The Labute approximate surface area is 138 Å². The van der Waals surface area contributed by atoms with Gasteiger partial charge in [0.05, 0.1) is 16.1 Å². The molecule has 0 saturated heterocycles. The molecule has 3 nitrogen and oxygen atoms in total. The third-order valence-electron chi connectivity index (χ3n) is 3.96. The van der Waals surface area contributed by atoms with Gasteiger partial charge in [-0.3, -0.25) is 4.79 Å². The third-order valence-corrected chi connectivity index (χ3v) is 5.50. The number of anilines is 1. The molecule has 1 aromatic carbocycles. The van der Waals surface area contributed by atoms with Crippen LogP contribution in [0.3, 0.4) is 0 Å². The molecular formula is C17H15ClN2OS. The number of aryl methyl sites for hydroxylation is 1. The predicted molar refractivity (Wildman–Crippen MR) is 89.6 cm³/mol. The Morgan fingerprint density at radius 1 is 1.45 bits per heavy atom. The lowest BCUT2D eigenvalue weighted by atomic mass is 9.88. The van der Waals surface area contributed by atoms with Crippen LogP contribution in [0.4, 0.5) is 5.00 Å². The molecule has 112 valence electrons. The molecule has 0 aliphatic heterocycles. The summed E-state index contributed by atoms with van der Waals surface area (Å²) < 4.78 is 0. The van der Waals surface area contributed by atoms with E-state index in [9.17, 15) is 10.1 Å². The SMILES string of the molecule is C[C@@H]1CCc2sc(NC(=O)c3ccccc3Cl)c(C#N)c2C1. The first kappa shape index (κ1) is 15.1. The summed E-state index contributed by atoms with van der Waals surface area (Å²) in [7, 11) is 0. The monoisotopic (exact) mass is 330 g/mol. The van der Waals surface area contributed by atoms with Gasteiger partial charge in [-0.1, -0.05) is 30.7 Å². The molecule has 5 heteroatoms. The number of benzene rings is 1. The lowest BCUT2D eigenvalue weighted by Crippen LogP contribution is -2.13. The highest BCUT2D eigenvalue weighted by atomic mass is 35.5. The highest BCUT2D eigenvalue weighted by Gasteiger charge is 2.25. The Morgan fingerprint density at radius 2 is 2.23 bits per heavy atom. The topological polar surface area (TPSA) is 52.9 Å². The molecule has 1 aliphatic carbocycles.